The molecular formula is C7H10N4O3. The molecule has 1 aromatic rings. The minimum absolute atomic E-state index is 0.0793. The standard InChI is InChI=1S/C7H10N4O3/c1-2-3-14-7-5(11(12)13)6(8)9-4-10-7/h4H,2-3H2,1H3,(H2,8,9,10). The molecule has 0 aliphatic heterocycles. The lowest BCUT2D eigenvalue weighted by Crippen LogP contribution is -2.05. The van der Waals surface area contributed by atoms with Gasteiger partial charge >= 0.3 is 5.69 Å². The first-order chi connectivity index (χ1) is 6.66. The Morgan fingerprint density at radius 1 is 1.64 bits per heavy atom. The molecule has 0 saturated heterocycles. The maximum atomic E-state index is 10.6. The van der Waals surface area contributed by atoms with Gasteiger partial charge in [0.1, 0.15) is 6.33 Å². The van der Waals surface area contributed by atoms with Gasteiger partial charge in [-0.25, -0.2) is 4.98 Å². The summed E-state index contributed by atoms with van der Waals surface area (Å²) in [4.78, 5) is 17.1. The molecule has 1 rings (SSSR count). The first-order valence-electron chi connectivity index (χ1n) is 4.04. The highest BCUT2D eigenvalue weighted by Crippen LogP contribution is 2.28. The third kappa shape index (κ3) is 2.06. The molecule has 0 unspecified atom stereocenters. The van der Waals surface area contributed by atoms with Crippen molar-refractivity contribution in [2.75, 3.05) is 12.3 Å². The maximum absolute atomic E-state index is 10.6. The van der Waals surface area contributed by atoms with E-state index < -0.39 is 4.92 Å². The van der Waals surface area contributed by atoms with Crippen LogP contribution >= 0.6 is 0 Å². The van der Waals surface area contributed by atoms with Crippen LogP contribution in [0.1, 0.15) is 13.3 Å². The third-order valence-electron chi connectivity index (χ3n) is 1.44. The van der Waals surface area contributed by atoms with E-state index in [0.717, 1.165) is 12.7 Å². The van der Waals surface area contributed by atoms with Crippen molar-refractivity contribution < 1.29 is 9.66 Å². The van der Waals surface area contributed by atoms with Crippen LogP contribution in [0.3, 0.4) is 0 Å². The lowest BCUT2D eigenvalue weighted by atomic mass is 10.4. The van der Waals surface area contributed by atoms with Gasteiger partial charge in [-0.2, -0.15) is 4.98 Å². The predicted octanol–water partition coefficient (Wildman–Crippen LogP) is 0.756. The molecule has 1 aromatic heterocycles. The van der Waals surface area contributed by atoms with E-state index in [9.17, 15) is 10.1 Å². The van der Waals surface area contributed by atoms with Gasteiger partial charge in [-0.15, -0.1) is 0 Å². The summed E-state index contributed by atoms with van der Waals surface area (Å²) in [5.41, 5.74) is 4.95. The number of nitro groups is 1. The van der Waals surface area contributed by atoms with Gasteiger partial charge in [0.25, 0.3) is 5.88 Å². The highest BCUT2D eigenvalue weighted by molar-refractivity contribution is 5.57. The second-order valence-corrected chi connectivity index (χ2v) is 2.52. The van der Waals surface area contributed by atoms with Crippen LogP contribution in [-0.2, 0) is 0 Å². The van der Waals surface area contributed by atoms with Crippen molar-refractivity contribution in [1.82, 2.24) is 9.97 Å². The Balaban J connectivity index is 3.02. The Morgan fingerprint density at radius 2 is 2.36 bits per heavy atom. The van der Waals surface area contributed by atoms with Crippen LogP contribution in [-0.4, -0.2) is 21.5 Å². The Hall–Kier alpha value is -1.92. The SMILES string of the molecule is CCCOc1ncnc(N)c1[N+](=O)[O-]. The topological polar surface area (TPSA) is 104 Å². The average molecular weight is 198 g/mol. The largest absolute Gasteiger partial charge is 0.473 e. The fourth-order valence-electron chi connectivity index (χ4n) is 0.851. The fraction of sp³-hybridized carbons (Fsp3) is 0.429. The number of nitrogen functional groups attached to an aromatic ring is 1. The summed E-state index contributed by atoms with van der Waals surface area (Å²) >= 11 is 0. The molecule has 14 heavy (non-hydrogen) atoms. The zero-order chi connectivity index (χ0) is 10.6. The van der Waals surface area contributed by atoms with Gasteiger partial charge in [-0.3, -0.25) is 10.1 Å². The highest BCUT2D eigenvalue weighted by Gasteiger charge is 2.21. The van der Waals surface area contributed by atoms with Crippen molar-refractivity contribution in [3.05, 3.63) is 16.4 Å². The van der Waals surface area contributed by atoms with E-state index in [0.29, 0.717) is 6.61 Å². The minimum Gasteiger partial charge on any atom is -0.473 e. The van der Waals surface area contributed by atoms with Gasteiger partial charge in [0, 0.05) is 0 Å². The van der Waals surface area contributed by atoms with Crippen molar-refractivity contribution in [2.24, 2.45) is 0 Å². The second-order valence-electron chi connectivity index (χ2n) is 2.52. The molecule has 0 bridgehead atoms. The predicted molar refractivity (Wildman–Crippen MR) is 48.9 cm³/mol. The first kappa shape index (κ1) is 10.2. The zero-order valence-corrected chi connectivity index (χ0v) is 7.64. The number of ether oxygens (including phenoxy) is 1. The summed E-state index contributed by atoms with van der Waals surface area (Å²) in [6, 6.07) is 0. The Labute approximate surface area is 80.1 Å². The average Bonchev–Trinajstić information content (AvgIpc) is 2.14. The van der Waals surface area contributed by atoms with E-state index in [1.54, 1.807) is 0 Å². The number of rotatable bonds is 4. The van der Waals surface area contributed by atoms with Crippen LogP contribution in [0.25, 0.3) is 0 Å². The summed E-state index contributed by atoms with van der Waals surface area (Å²) in [5, 5.41) is 10.6. The first-order valence-corrected chi connectivity index (χ1v) is 4.04. The summed E-state index contributed by atoms with van der Waals surface area (Å²) < 4.78 is 5.06. The van der Waals surface area contributed by atoms with Crippen LogP contribution in [0.4, 0.5) is 11.5 Å². The summed E-state index contributed by atoms with van der Waals surface area (Å²) in [5.74, 6) is -0.263. The molecule has 7 nitrogen and oxygen atoms in total. The molecule has 0 saturated carbocycles. The number of anilines is 1. The molecular weight excluding hydrogens is 188 g/mol. The van der Waals surface area contributed by atoms with Gasteiger partial charge in [-0.1, -0.05) is 6.92 Å². The Bertz CT molecular complexity index is 342. The summed E-state index contributed by atoms with van der Waals surface area (Å²) in [6.07, 6.45) is 1.87. The summed E-state index contributed by atoms with van der Waals surface area (Å²) in [6.45, 7) is 2.24. The second kappa shape index (κ2) is 4.35. The molecule has 0 fully saturated rings. The minimum atomic E-state index is -0.652. The molecule has 0 radical (unpaired) electrons. The Morgan fingerprint density at radius 3 is 2.93 bits per heavy atom. The smallest absolute Gasteiger partial charge is 0.372 e. The molecule has 0 aliphatic carbocycles. The van der Waals surface area contributed by atoms with E-state index in [1.165, 1.54) is 0 Å². The van der Waals surface area contributed by atoms with Crippen molar-refractivity contribution >= 4 is 11.5 Å². The zero-order valence-electron chi connectivity index (χ0n) is 7.64. The van der Waals surface area contributed by atoms with Crippen LogP contribution in [0.5, 0.6) is 5.88 Å². The normalized spacial score (nSPS) is 9.79. The number of aromatic nitrogens is 2. The molecule has 76 valence electrons. The summed E-state index contributed by atoms with van der Waals surface area (Å²) in [7, 11) is 0. The molecule has 7 heteroatoms. The van der Waals surface area contributed by atoms with E-state index in [-0.39, 0.29) is 17.4 Å². The van der Waals surface area contributed by atoms with Gasteiger partial charge in [0.15, 0.2) is 0 Å². The lowest BCUT2D eigenvalue weighted by Gasteiger charge is -2.03. The molecule has 0 amide bonds. The molecule has 2 N–H and O–H groups in total. The molecule has 0 aliphatic rings. The molecule has 0 aromatic carbocycles. The van der Waals surface area contributed by atoms with Crippen molar-refractivity contribution in [3.63, 3.8) is 0 Å². The molecule has 1 heterocycles. The van der Waals surface area contributed by atoms with Crippen LogP contribution in [0, 0.1) is 10.1 Å². The number of hydrogen-bond donors (Lipinski definition) is 1. The van der Waals surface area contributed by atoms with Crippen LogP contribution in [0.15, 0.2) is 6.33 Å². The van der Waals surface area contributed by atoms with Crippen molar-refractivity contribution in [3.8, 4) is 5.88 Å². The quantitative estimate of drug-likeness (QED) is 0.565. The molecule has 0 spiro atoms. The van der Waals surface area contributed by atoms with Crippen molar-refractivity contribution in [2.45, 2.75) is 13.3 Å². The fourth-order valence-corrected chi connectivity index (χ4v) is 0.851. The van der Waals surface area contributed by atoms with Crippen LogP contribution < -0.4 is 10.5 Å². The van der Waals surface area contributed by atoms with E-state index in [1.807, 2.05) is 6.92 Å². The van der Waals surface area contributed by atoms with Crippen molar-refractivity contribution in [1.29, 1.82) is 0 Å². The van der Waals surface area contributed by atoms with Gasteiger partial charge in [-0.05, 0) is 6.42 Å². The lowest BCUT2D eigenvalue weighted by molar-refractivity contribution is -0.385. The van der Waals surface area contributed by atoms with Gasteiger partial charge in [0.2, 0.25) is 5.82 Å². The monoisotopic (exact) mass is 198 g/mol. The number of hydrogen-bond acceptors (Lipinski definition) is 6. The van der Waals surface area contributed by atoms with Crippen LogP contribution in [0.2, 0.25) is 0 Å². The maximum Gasteiger partial charge on any atom is 0.372 e. The van der Waals surface area contributed by atoms with E-state index >= 15 is 0 Å². The Kier molecular flexibility index (Phi) is 3.16. The van der Waals surface area contributed by atoms with Gasteiger partial charge in [0.05, 0.1) is 11.5 Å². The third-order valence-corrected chi connectivity index (χ3v) is 1.44. The van der Waals surface area contributed by atoms with E-state index in [4.69, 9.17) is 10.5 Å². The van der Waals surface area contributed by atoms with E-state index in [2.05, 4.69) is 9.97 Å². The molecule has 0 atom stereocenters. The highest BCUT2D eigenvalue weighted by atomic mass is 16.6. The number of nitrogens with zero attached hydrogens (tertiary/aromatic N) is 3. The van der Waals surface area contributed by atoms with Gasteiger partial charge < -0.3 is 10.5 Å². The number of nitrogens with two attached hydrogens (primary N) is 1.